The topological polar surface area (TPSA) is 92.7 Å². The van der Waals surface area contributed by atoms with Crippen molar-refractivity contribution in [2.45, 2.75) is 19.1 Å². The van der Waals surface area contributed by atoms with Crippen LogP contribution in [0.2, 0.25) is 0 Å². The number of ketones is 1. The van der Waals surface area contributed by atoms with E-state index in [-0.39, 0.29) is 24.4 Å². The Morgan fingerprint density at radius 2 is 1.30 bits per heavy atom. The Morgan fingerprint density at radius 1 is 0.767 bits per heavy atom. The molecule has 0 aliphatic rings. The van der Waals surface area contributed by atoms with Crippen LogP contribution in [-0.2, 0) is 17.8 Å². The van der Waals surface area contributed by atoms with E-state index in [0.29, 0.717) is 5.56 Å². The summed E-state index contributed by atoms with van der Waals surface area (Å²) in [6, 6.07) is 23.3. The first kappa shape index (κ1) is 20.8. The van der Waals surface area contributed by atoms with E-state index in [1.807, 2.05) is 60.7 Å². The van der Waals surface area contributed by atoms with E-state index >= 15 is 0 Å². The Morgan fingerprint density at radius 3 is 1.87 bits per heavy atom. The molecule has 0 radical (unpaired) electrons. The molecule has 0 fully saturated rings. The summed E-state index contributed by atoms with van der Waals surface area (Å²) in [6.45, 7) is 0.0895. The van der Waals surface area contributed by atoms with Gasteiger partial charge in [-0.25, -0.2) is 9.59 Å². The third kappa shape index (κ3) is 5.78. The van der Waals surface area contributed by atoms with Crippen molar-refractivity contribution in [2.75, 3.05) is 0 Å². The second-order valence-corrected chi connectivity index (χ2v) is 6.70. The highest BCUT2D eigenvalue weighted by Crippen LogP contribution is 2.12. The lowest BCUT2D eigenvalue weighted by molar-refractivity contribution is 0.0696. The van der Waals surface area contributed by atoms with Gasteiger partial charge in [0.25, 0.3) is 0 Å². The fraction of sp³-hybridized carbons (Fsp3) is 0.125. The number of carboxylic acids is 1. The van der Waals surface area contributed by atoms with E-state index in [2.05, 4.69) is 5.32 Å². The fourth-order valence-electron chi connectivity index (χ4n) is 2.94. The zero-order chi connectivity index (χ0) is 21.3. The van der Waals surface area contributed by atoms with Crippen LogP contribution >= 0.6 is 0 Å². The number of benzene rings is 3. The number of ether oxygens (including phenoxy) is 1. The Kier molecular flexibility index (Phi) is 6.95. The Bertz CT molecular complexity index is 1000. The van der Waals surface area contributed by atoms with E-state index < -0.39 is 18.1 Å². The molecule has 0 saturated heterocycles. The van der Waals surface area contributed by atoms with E-state index in [9.17, 15) is 14.4 Å². The van der Waals surface area contributed by atoms with Gasteiger partial charge in [0.1, 0.15) is 6.61 Å². The van der Waals surface area contributed by atoms with Crippen molar-refractivity contribution in [1.82, 2.24) is 5.32 Å². The molecule has 0 aliphatic heterocycles. The number of nitrogens with one attached hydrogen (secondary N) is 1. The first-order valence-electron chi connectivity index (χ1n) is 9.41. The van der Waals surface area contributed by atoms with E-state index in [1.54, 1.807) is 0 Å². The van der Waals surface area contributed by atoms with Crippen molar-refractivity contribution in [3.63, 3.8) is 0 Å². The molecule has 0 aliphatic carbocycles. The van der Waals surface area contributed by atoms with Gasteiger partial charge in [0.15, 0.2) is 5.78 Å². The average molecular weight is 403 g/mol. The van der Waals surface area contributed by atoms with Crippen molar-refractivity contribution >= 4 is 17.8 Å². The molecule has 1 atom stereocenters. The van der Waals surface area contributed by atoms with Crippen molar-refractivity contribution < 1.29 is 24.2 Å². The lowest BCUT2D eigenvalue weighted by Gasteiger charge is -2.18. The molecule has 0 saturated carbocycles. The lowest BCUT2D eigenvalue weighted by Crippen LogP contribution is -2.42. The molecule has 0 bridgehead atoms. The Balaban J connectivity index is 1.73. The molecule has 0 unspecified atom stereocenters. The highest BCUT2D eigenvalue weighted by atomic mass is 16.5. The maximum atomic E-state index is 13.0. The minimum absolute atomic E-state index is 0.0846. The number of carboxylic acid groups (broad SMARTS) is 1. The first-order valence-corrected chi connectivity index (χ1v) is 9.41. The second kappa shape index (κ2) is 10.0. The lowest BCUT2D eigenvalue weighted by atomic mass is 9.97. The van der Waals surface area contributed by atoms with Crippen molar-refractivity contribution in [3.8, 4) is 0 Å². The number of carbonyl (C=O) groups excluding carboxylic acids is 2. The normalized spacial score (nSPS) is 11.3. The van der Waals surface area contributed by atoms with E-state index in [0.717, 1.165) is 11.1 Å². The molecular formula is C24H21NO5. The number of aromatic carboxylic acids is 1. The number of amides is 1. The number of alkyl carbamates (subject to hydrolysis) is 1. The van der Waals surface area contributed by atoms with Gasteiger partial charge in [-0.1, -0.05) is 72.8 Å². The molecule has 6 heteroatoms. The van der Waals surface area contributed by atoms with Crippen LogP contribution in [0.4, 0.5) is 4.79 Å². The SMILES string of the molecule is O=C(N[C@@H](Cc1ccccc1)C(=O)c1ccc(C(=O)O)cc1)OCc1ccccc1. The van der Waals surface area contributed by atoms with Gasteiger partial charge in [-0.05, 0) is 23.3 Å². The van der Waals surface area contributed by atoms with Crippen LogP contribution in [0.5, 0.6) is 0 Å². The first-order chi connectivity index (χ1) is 14.5. The fourth-order valence-corrected chi connectivity index (χ4v) is 2.94. The number of hydrogen-bond donors (Lipinski definition) is 2. The van der Waals surface area contributed by atoms with Gasteiger partial charge in [-0.15, -0.1) is 0 Å². The van der Waals surface area contributed by atoms with Gasteiger partial charge in [0.2, 0.25) is 0 Å². The molecule has 0 aromatic heterocycles. The zero-order valence-electron chi connectivity index (χ0n) is 16.2. The standard InChI is InChI=1S/C24H21NO5/c26-22(19-11-13-20(14-12-19)23(27)28)21(15-17-7-3-1-4-8-17)25-24(29)30-16-18-9-5-2-6-10-18/h1-14,21H,15-16H2,(H,25,29)(H,27,28)/t21-/m0/s1. The van der Waals surface area contributed by atoms with Crippen molar-refractivity contribution in [1.29, 1.82) is 0 Å². The quantitative estimate of drug-likeness (QED) is 0.552. The average Bonchev–Trinajstić information content (AvgIpc) is 2.78. The van der Waals surface area contributed by atoms with Gasteiger partial charge < -0.3 is 15.2 Å². The van der Waals surface area contributed by atoms with E-state index in [1.165, 1.54) is 24.3 Å². The number of hydrogen-bond acceptors (Lipinski definition) is 4. The maximum Gasteiger partial charge on any atom is 0.408 e. The molecule has 6 nitrogen and oxygen atoms in total. The van der Waals surface area contributed by atoms with Crippen LogP contribution in [0.3, 0.4) is 0 Å². The summed E-state index contributed by atoms with van der Waals surface area (Å²) in [4.78, 5) is 36.4. The minimum Gasteiger partial charge on any atom is -0.478 e. The highest BCUT2D eigenvalue weighted by Gasteiger charge is 2.23. The van der Waals surface area contributed by atoms with E-state index in [4.69, 9.17) is 9.84 Å². The van der Waals surface area contributed by atoms with Crippen LogP contribution in [0, 0.1) is 0 Å². The largest absolute Gasteiger partial charge is 0.478 e. The van der Waals surface area contributed by atoms with Crippen molar-refractivity contribution in [3.05, 3.63) is 107 Å². The molecule has 3 aromatic carbocycles. The number of carbonyl (C=O) groups is 3. The van der Waals surface area contributed by atoms with Gasteiger partial charge >= 0.3 is 12.1 Å². The summed E-state index contributed by atoms with van der Waals surface area (Å²) in [5, 5.41) is 11.7. The van der Waals surface area contributed by atoms with Gasteiger partial charge in [-0.2, -0.15) is 0 Å². The van der Waals surface area contributed by atoms with Crippen molar-refractivity contribution in [2.24, 2.45) is 0 Å². The predicted molar refractivity (Wildman–Crippen MR) is 111 cm³/mol. The van der Waals surface area contributed by atoms with Gasteiger partial charge in [0, 0.05) is 12.0 Å². The molecule has 152 valence electrons. The van der Waals surface area contributed by atoms with Crippen LogP contribution in [0.1, 0.15) is 31.8 Å². The van der Waals surface area contributed by atoms with Gasteiger partial charge in [-0.3, -0.25) is 4.79 Å². The number of Topliss-reactive ketones (excluding diaryl/α,β-unsaturated/α-hetero) is 1. The Labute approximate surface area is 174 Å². The number of rotatable bonds is 8. The van der Waals surface area contributed by atoms with Crippen LogP contribution in [-0.4, -0.2) is 29.0 Å². The van der Waals surface area contributed by atoms with Crippen LogP contribution in [0.25, 0.3) is 0 Å². The van der Waals surface area contributed by atoms with Crippen LogP contribution < -0.4 is 5.32 Å². The summed E-state index contributed by atoms with van der Waals surface area (Å²) in [6.07, 6.45) is -0.420. The minimum atomic E-state index is -1.07. The summed E-state index contributed by atoms with van der Waals surface area (Å²) in [5.74, 6) is -1.40. The predicted octanol–water partition coefficient (Wildman–Crippen LogP) is 4.11. The zero-order valence-corrected chi connectivity index (χ0v) is 16.2. The summed E-state index contributed by atoms with van der Waals surface area (Å²) < 4.78 is 5.25. The van der Waals surface area contributed by atoms with Gasteiger partial charge in [0.05, 0.1) is 11.6 Å². The Hall–Kier alpha value is -3.93. The smallest absolute Gasteiger partial charge is 0.408 e. The van der Waals surface area contributed by atoms with Crippen LogP contribution in [0.15, 0.2) is 84.9 Å². The molecule has 3 rings (SSSR count). The molecule has 1 amide bonds. The maximum absolute atomic E-state index is 13.0. The second-order valence-electron chi connectivity index (χ2n) is 6.70. The molecule has 3 aromatic rings. The molecule has 2 N–H and O–H groups in total. The third-order valence-corrected chi connectivity index (χ3v) is 4.52. The summed E-state index contributed by atoms with van der Waals surface area (Å²) in [7, 11) is 0. The molecular weight excluding hydrogens is 382 g/mol. The highest BCUT2D eigenvalue weighted by molar-refractivity contribution is 6.02. The molecule has 0 heterocycles. The molecule has 30 heavy (non-hydrogen) atoms. The monoisotopic (exact) mass is 403 g/mol. The summed E-state index contributed by atoms with van der Waals surface area (Å²) >= 11 is 0. The summed E-state index contributed by atoms with van der Waals surface area (Å²) in [5.41, 5.74) is 2.11. The molecule has 0 spiro atoms. The third-order valence-electron chi connectivity index (χ3n) is 4.52.